The van der Waals surface area contributed by atoms with Crippen LogP contribution in [-0.4, -0.2) is 44.0 Å². The monoisotopic (exact) mass is 421 g/mol. The van der Waals surface area contributed by atoms with Gasteiger partial charge >= 0.3 is 0 Å². The molecule has 3 unspecified atom stereocenters. The van der Waals surface area contributed by atoms with Crippen molar-refractivity contribution < 1.29 is 9.47 Å². The Morgan fingerprint density at radius 2 is 1.47 bits per heavy atom. The molecular formula is C27H51NO2. The Bertz CT molecular complexity index is 433. The van der Waals surface area contributed by atoms with Crippen molar-refractivity contribution in [2.24, 2.45) is 0 Å². The summed E-state index contributed by atoms with van der Waals surface area (Å²) >= 11 is 0. The molecule has 1 aliphatic heterocycles. The van der Waals surface area contributed by atoms with E-state index in [-0.39, 0.29) is 6.29 Å². The molecule has 0 amide bonds. The molecule has 30 heavy (non-hydrogen) atoms. The molecular weight excluding hydrogens is 370 g/mol. The summed E-state index contributed by atoms with van der Waals surface area (Å²) < 4.78 is 11.9. The molecule has 0 aliphatic carbocycles. The first-order valence-corrected chi connectivity index (χ1v) is 12.9. The SMILES string of the molecule is CCCCC/C=C\C/C=C\CCCCCCCCC1OCC(CCC(C)N(C)C)O1. The molecule has 0 aromatic heterocycles. The average molecular weight is 422 g/mol. The van der Waals surface area contributed by atoms with Crippen LogP contribution < -0.4 is 0 Å². The van der Waals surface area contributed by atoms with E-state index in [1.54, 1.807) is 0 Å². The predicted octanol–water partition coefficient (Wildman–Crippen LogP) is 7.66. The third kappa shape index (κ3) is 15.2. The lowest BCUT2D eigenvalue weighted by atomic mass is 10.1. The summed E-state index contributed by atoms with van der Waals surface area (Å²) in [5.74, 6) is 0. The van der Waals surface area contributed by atoms with Crippen LogP contribution in [0.1, 0.15) is 110 Å². The van der Waals surface area contributed by atoms with Crippen molar-refractivity contribution in [3.8, 4) is 0 Å². The van der Waals surface area contributed by atoms with Crippen molar-refractivity contribution in [2.75, 3.05) is 20.7 Å². The predicted molar refractivity (Wildman–Crippen MR) is 131 cm³/mol. The Morgan fingerprint density at radius 1 is 0.833 bits per heavy atom. The number of ether oxygens (including phenoxy) is 2. The summed E-state index contributed by atoms with van der Waals surface area (Å²) in [5.41, 5.74) is 0. The minimum absolute atomic E-state index is 0.0514. The fraction of sp³-hybridized carbons (Fsp3) is 0.852. The van der Waals surface area contributed by atoms with Crippen LogP contribution in [0.3, 0.4) is 0 Å². The van der Waals surface area contributed by atoms with E-state index in [4.69, 9.17) is 9.47 Å². The molecule has 1 heterocycles. The standard InChI is InChI=1S/C27H51NO2/c1-5-6-7-8-9-10-11-12-13-14-15-16-17-18-19-20-21-27-29-24-26(30-27)23-22-25(2)28(3)4/h9-10,12-13,25-27H,5-8,11,14-24H2,1-4H3/b10-9-,13-12-. The van der Waals surface area contributed by atoms with E-state index in [0.717, 1.165) is 25.9 Å². The summed E-state index contributed by atoms with van der Waals surface area (Å²) in [6, 6.07) is 0.611. The van der Waals surface area contributed by atoms with Gasteiger partial charge in [0.2, 0.25) is 0 Å². The quantitative estimate of drug-likeness (QED) is 0.158. The van der Waals surface area contributed by atoms with Gasteiger partial charge in [-0.25, -0.2) is 0 Å². The van der Waals surface area contributed by atoms with Crippen LogP contribution in [0.2, 0.25) is 0 Å². The molecule has 176 valence electrons. The Kier molecular flexibility index (Phi) is 17.4. The smallest absolute Gasteiger partial charge is 0.158 e. The molecule has 3 heteroatoms. The molecule has 0 saturated carbocycles. The highest BCUT2D eigenvalue weighted by Crippen LogP contribution is 2.22. The lowest BCUT2D eigenvalue weighted by Gasteiger charge is -2.20. The van der Waals surface area contributed by atoms with E-state index in [9.17, 15) is 0 Å². The number of hydrogen-bond acceptors (Lipinski definition) is 3. The Labute approximate surface area is 188 Å². The summed E-state index contributed by atoms with van der Waals surface area (Å²) in [6.45, 7) is 5.32. The lowest BCUT2D eigenvalue weighted by molar-refractivity contribution is -0.0648. The van der Waals surface area contributed by atoms with Gasteiger partial charge in [-0.3, -0.25) is 0 Å². The first-order valence-electron chi connectivity index (χ1n) is 12.9. The Morgan fingerprint density at radius 3 is 2.13 bits per heavy atom. The molecule has 0 bridgehead atoms. The van der Waals surface area contributed by atoms with Crippen LogP contribution in [0.4, 0.5) is 0 Å². The van der Waals surface area contributed by atoms with Crippen LogP contribution in [0.5, 0.6) is 0 Å². The van der Waals surface area contributed by atoms with Gasteiger partial charge in [-0.15, -0.1) is 0 Å². The normalized spacial score (nSPS) is 20.8. The van der Waals surface area contributed by atoms with E-state index in [1.165, 1.54) is 77.0 Å². The molecule has 1 rings (SSSR count). The van der Waals surface area contributed by atoms with Crippen molar-refractivity contribution in [1.82, 2.24) is 4.90 Å². The van der Waals surface area contributed by atoms with Crippen molar-refractivity contribution in [3.63, 3.8) is 0 Å². The van der Waals surface area contributed by atoms with E-state index < -0.39 is 0 Å². The van der Waals surface area contributed by atoms with Crippen molar-refractivity contribution in [1.29, 1.82) is 0 Å². The summed E-state index contributed by atoms with van der Waals surface area (Å²) in [4.78, 5) is 2.28. The largest absolute Gasteiger partial charge is 0.350 e. The lowest BCUT2D eigenvalue weighted by Crippen LogP contribution is -2.26. The van der Waals surface area contributed by atoms with E-state index in [2.05, 4.69) is 57.1 Å². The number of unbranched alkanes of at least 4 members (excludes halogenated alkanes) is 9. The highest BCUT2D eigenvalue weighted by Gasteiger charge is 2.25. The zero-order valence-electron chi connectivity index (χ0n) is 20.6. The van der Waals surface area contributed by atoms with Crippen LogP contribution in [0.25, 0.3) is 0 Å². The fourth-order valence-corrected chi connectivity index (χ4v) is 3.80. The fourth-order valence-electron chi connectivity index (χ4n) is 3.80. The van der Waals surface area contributed by atoms with Crippen molar-refractivity contribution >= 4 is 0 Å². The maximum Gasteiger partial charge on any atom is 0.158 e. The van der Waals surface area contributed by atoms with Crippen LogP contribution in [-0.2, 0) is 9.47 Å². The van der Waals surface area contributed by atoms with Crippen LogP contribution >= 0.6 is 0 Å². The molecule has 1 saturated heterocycles. The summed E-state index contributed by atoms with van der Waals surface area (Å²) in [5, 5.41) is 0. The van der Waals surface area contributed by atoms with E-state index in [0.29, 0.717) is 12.1 Å². The van der Waals surface area contributed by atoms with E-state index in [1.807, 2.05) is 0 Å². The molecule has 0 radical (unpaired) electrons. The summed E-state index contributed by atoms with van der Waals surface area (Å²) in [6.07, 6.45) is 28.6. The highest BCUT2D eigenvalue weighted by atomic mass is 16.7. The molecule has 3 atom stereocenters. The third-order valence-corrected chi connectivity index (χ3v) is 6.24. The third-order valence-electron chi connectivity index (χ3n) is 6.24. The zero-order chi connectivity index (χ0) is 21.9. The van der Waals surface area contributed by atoms with Gasteiger partial charge in [-0.05, 0) is 78.8 Å². The van der Waals surface area contributed by atoms with Gasteiger partial charge in [0.1, 0.15) is 0 Å². The van der Waals surface area contributed by atoms with Gasteiger partial charge in [-0.1, -0.05) is 69.8 Å². The van der Waals surface area contributed by atoms with Gasteiger partial charge in [0, 0.05) is 6.04 Å². The second-order valence-corrected chi connectivity index (χ2v) is 9.28. The van der Waals surface area contributed by atoms with Gasteiger partial charge in [0.15, 0.2) is 6.29 Å². The molecule has 0 aromatic carbocycles. The van der Waals surface area contributed by atoms with Gasteiger partial charge in [0.25, 0.3) is 0 Å². The van der Waals surface area contributed by atoms with Crippen LogP contribution in [0.15, 0.2) is 24.3 Å². The van der Waals surface area contributed by atoms with Gasteiger partial charge < -0.3 is 14.4 Å². The Balaban J connectivity index is 1.85. The first kappa shape index (κ1) is 27.4. The van der Waals surface area contributed by atoms with Crippen molar-refractivity contribution in [2.45, 2.75) is 129 Å². The number of nitrogens with zero attached hydrogens (tertiary/aromatic N) is 1. The second kappa shape index (κ2) is 19.1. The average Bonchev–Trinajstić information content (AvgIpc) is 3.19. The number of hydrogen-bond donors (Lipinski definition) is 0. The molecule has 1 fully saturated rings. The minimum Gasteiger partial charge on any atom is -0.350 e. The summed E-state index contributed by atoms with van der Waals surface area (Å²) in [7, 11) is 4.29. The number of rotatable bonds is 19. The molecule has 0 aromatic rings. The topological polar surface area (TPSA) is 21.7 Å². The molecule has 0 N–H and O–H groups in total. The van der Waals surface area contributed by atoms with E-state index >= 15 is 0 Å². The second-order valence-electron chi connectivity index (χ2n) is 9.28. The highest BCUT2D eigenvalue weighted by molar-refractivity contribution is 4.92. The first-order chi connectivity index (χ1) is 14.6. The molecule has 0 spiro atoms. The molecule has 3 nitrogen and oxygen atoms in total. The van der Waals surface area contributed by atoms with Gasteiger partial charge in [-0.2, -0.15) is 0 Å². The maximum absolute atomic E-state index is 6.06. The maximum atomic E-state index is 6.06. The van der Waals surface area contributed by atoms with Crippen molar-refractivity contribution in [3.05, 3.63) is 24.3 Å². The minimum atomic E-state index is 0.0514. The Hall–Kier alpha value is -0.640. The number of allylic oxidation sites excluding steroid dienone is 4. The van der Waals surface area contributed by atoms with Gasteiger partial charge in [0.05, 0.1) is 12.7 Å². The van der Waals surface area contributed by atoms with Crippen LogP contribution in [0, 0.1) is 0 Å². The zero-order valence-corrected chi connectivity index (χ0v) is 20.6. The molecule has 1 aliphatic rings.